The number of rotatable bonds is 5. The van der Waals surface area contributed by atoms with Gasteiger partial charge < -0.3 is 11.1 Å². The number of fused-ring (bicyclic) bond motifs is 1. The first-order valence-electron chi connectivity index (χ1n) is 9.23. The summed E-state index contributed by atoms with van der Waals surface area (Å²) in [6.45, 7) is 0.885. The van der Waals surface area contributed by atoms with Gasteiger partial charge in [0.15, 0.2) is 0 Å². The summed E-state index contributed by atoms with van der Waals surface area (Å²) in [4.78, 5) is 5.45. The number of nitrogens with zero attached hydrogens (tertiary/aromatic N) is 1. The number of nitrogens with one attached hydrogen (secondary N) is 1. The van der Waals surface area contributed by atoms with E-state index in [4.69, 9.17) is 5.73 Å². The monoisotopic (exact) mass is 373 g/mol. The van der Waals surface area contributed by atoms with Gasteiger partial charge in [0.05, 0.1) is 5.69 Å². The molecule has 136 valence electrons. The maximum Gasteiger partial charge on any atom is 0.132 e. The van der Waals surface area contributed by atoms with Gasteiger partial charge in [0.25, 0.3) is 0 Å². The van der Waals surface area contributed by atoms with Crippen molar-refractivity contribution in [2.45, 2.75) is 30.3 Å². The molecule has 0 heterocycles. The topological polar surface area (TPSA) is 50.4 Å². The van der Waals surface area contributed by atoms with Gasteiger partial charge in [-0.05, 0) is 47.7 Å². The highest BCUT2D eigenvalue weighted by Gasteiger charge is 2.22. The zero-order valence-electron chi connectivity index (χ0n) is 15.1. The Bertz CT molecular complexity index is 966. The molecule has 0 spiro atoms. The molecule has 1 unspecified atom stereocenters. The molecular formula is C23H23N3S. The van der Waals surface area contributed by atoms with E-state index in [0.29, 0.717) is 11.9 Å². The molecule has 3 aromatic carbocycles. The Kier molecular flexibility index (Phi) is 5.28. The minimum absolute atomic E-state index is 0.397. The first-order valence-corrected chi connectivity index (χ1v) is 9.68. The van der Waals surface area contributed by atoms with Gasteiger partial charge in [-0.25, -0.2) is 4.99 Å². The molecule has 3 N–H and O–H groups in total. The van der Waals surface area contributed by atoms with E-state index in [0.717, 1.165) is 35.5 Å². The quantitative estimate of drug-likeness (QED) is 0.342. The van der Waals surface area contributed by atoms with Crippen LogP contribution in [-0.4, -0.2) is 5.84 Å². The Morgan fingerprint density at radius 1 is 1.04 bits per heavy atom. The van der Waals surface area contributed by atoms with Gasteiger partial charge in [-0.1, -0.05) is 54.6 Å². The lowest BCUT2D eigenvalue weighted by Gasteiger charge is -2.14. The van der Waals surface area contributed by atoms with E-state index in [1.54, 1.807) is 0 Å². The van der Waals surface area contributed by atoms with Gasteiger partial charge in [0, 0.05) is 23.0 Å². The van der Waals surface area contributed by atoms with Gasteiger partial charge in [0.1, 0.15) is 5.84 Å². The third-order valence-electron chi connectivity index (χ3n) is 5.03. The summed E-state index contributed by atoms with van der Waals surface area (Å²) in [5, 5.41) is 3.68. The lowest BCUT2D eigenvalue weighted by Crippen LogP contribution is -2.18. The highest BCUT2D eigenvalue weighted by atomic mass is 32.1. The number of hydrogen-bond acceptors (Lipinski definition) is 3. The van der Waals surface area contributed by atoms with E-state index in [9.17, 15) is 0 Å². The first-order chi connectivity index (χ1) is 13.2. The van der Waals surface area contributed by atoms with Crippen molar-refractivity contribution in [1.82, 2.24) is 5.32 Å². The van der Waals surface area contributed by atoms with Crippen LogP contribution in [0.25, 0.3) is 0 Å². The van der Waals surface area contributed by atoms with E-state index in [2.05, 4.69) is 65.4 Å². The van der Waals surface area contributed by atoms with Crippen molar-refractivity contribution < 1.29 is 0 Å². The van der Waals surface area contributed by atoms with Crippen LogP contribution in [0.5, 0.6) is 0 Å². The van der Waals surface area contributed by atoms with Crippen LogP contribution in [0.4, 0.5) is 5.69 Å². The minimum Gasteiger partial charge on any atom is -0.383 e. The molecule has 1 aliphatic rings. The van der Waals surface area contributed by atoms with E-state index in [1.807, 2.05) is 30.3 Å². The number of benzene rings is 3. The van der Waals surface area contributed by atoms with Crippen LogP contribution in [-0.2, 0) is 13.0 Å². The maximum atomic E-state index is 6.20. The molecule has 3 aromatic rings. The summed E-state index contributed by atoms with van der Waals surface area (Å²) < 4.78 is 0. The second-order valence-electron chi connectivity index (χ2n) is 6.86. The van der Waals surface area contributed by atoms with Crippen molar-refractivity contribution in [3.63, 3.8) is 0 Å². The van der Waals surface area contributed by atoms with Crippen LogP contribution in [0.1, 0.15) is 34.7 Å². The summed E-state index contributed by atoms with van der Waals surface area (Å²) in [6, 6.07) is 25.1. The minimum atomic E-state index is 0.397. The molecule has 0 saturated heterocycles. The molecular weight excluding hydrogens is 350 g/mol. The molecule has 0 fully saturated rings. The molecule has 0 radical (unpaired) electrons. The van der Waals surface area contributed by atoms with Crippen molar-refractivity contribution in [3.05, 3.63) is 95.1 Å². The predicted octanol–water partition coefficient (Wildman–Crippen LogP) is 4.79. The maximum absolute atomic E-state index is 6.20. The Hall–Kier alpha value is -2.56. The molecule has 0 amide bonds. The Labute approximate surface area is 165 Å². The zero-order valence-corrected chi connectivity index (χ0v) is 16.0. The van der Waals surface area contributed by atoms with E-state index in [-0.39, 0.29) is 0 Å². The van der Waals surface area contributed by atoms with E-state index >= 15 is 0 Å². The average molecular weight is 374 g/mol. The number of amidine groups is 1. The fraction of sp³-hybridized carbons (Fsp3) is 0.174. The highest BCUT2D eigenvalue weighted by Crippen LogP contribution is 2.34. The molecule has 0 aliphatic heterocycles. The standard InChI is InChI=1S/C23H23N3S/c24-23(20-8-4-5-9-22(20)27)26-18-11-12-19-17(14-18)10-13-21(19)25-15-16-6-2-1-3-7-16/h1-9,11-12,14,21,25,27H,10,13,15H2,(H2,24,26). The van der Waals surface area contributed by atoms with Gasteiger partial charge >= 0.3 is 0 Å². The lowest BCUT2D eigenvalue weighted by atomic mass is 10.1. The van der Waals surface area contributed by atoms with Crippen molar-refractivity contribution in [3.8, 4) is 0 Å². The molecule has 1 atom stereocenters. The zero-order chi connectivity index (χ0) is 18.6. The smallest absolute Gasteiger partial charge is 0.132 e. The van der Waals surface area contributed by atoms with Crippen molar-refractivity contribution in [1.29, 1.82) is 0 Å². The van der Waals surface area contributed by atoms with E-state index in [1.165, 1.54) is 16.7 Å². The van der Waals surface area contributed by atoms with Crippen molar-refractivity contribution >= 4 is 24.2 Å². The molecule has 0 aromatic heterocycles. The van der Waals surface area contributed by atoms with Gasteiger partial charge in [-0.3, -0.25) is 0 Å². The molecule has 0 bridgehead atoms. The summed E-state index contributed by atoms with van der Waals surface area (Å²) in [5.74, 6) is 0.497. The van der Waals surface area contributed by atoms with Gasteiger partial charge in [-0.15, -0.1) is 12.6 Å². The molecule has 4 rings (SSSR count). The SMILES string of the molecule is NC(=Nc1ccc2c(c1)CCC2NCc1ccccc1)c1ccccc1S. The van der Waals surface area contributed by atoms with Crippen LogP contribution < -0.4 is 11.1 Å². The summed E-state index contributed by atoms with van der Waals surface area (Å²) in [5.41, 5.74) is 12.0. The Morgan fingerprint density at radius 2 is 1.81 bits per heavy atom. The number of aliphatic imine (C=N–C) groups is 1. The highest BCUT2D eigenvalue weighted by molar-refractivity contribution is 7.80. The Balaban J connectivity index is 1.50. The third-order valence-corrected chi connectivity index (χ3v) is 5.42. The largest absolute Gasteiger partial charge is 0.383 e. The normalized spacial score (nSPS) is 16.3. The molecule has 27 heavy (non-hydrogen) atoms. The van der Waals surface area contributed by atoms with Gasteiger partial charge in [0.2, 0.25) is 0 Å². The summed E-state index contributed by atoms with van der Waals surface area (Å²) >= 11 is 4.46. The number of nitrogens with two attached hydrogens (primary N) is 1. The lowest BCUT2D eigenvalue weighted by molar-refractivity contribution is 0.530. The fourth-order valence-electron chi connectivity index (χ4n) is 3.61. The average Bonchev–Trinajstić information content (AvgIpc) is 3.10. The number of hydrogen-bond donors (Lipinski definition) is 3. The van der Waals surface area contributed by atoms with Gasteiger partial charge in [-0.2, -0.15) is 0 Å². The fourth-order valence-corrected chi connectivity index (χ4v) is 3.89. The summed E-state index contributed by atoms with van der Waals surface area (Å²) in [7, 11) is 0. The van der Waals surface area contributed by atoms with Crippen LogP contribution in [0, 0.1) is 0 Å². The van der Waals surface area contributed by atoms with Crippen LogP contribution >= 0.6 is 12.6 Å². The molecule has 4 heteroatoms. The van der Waals surface area contributed by atoms with Crippen molar-refractivity contribution in [2.24, 2.45) is 10.7 Å². The van der Waals surface area contributed by atoms with Crippen molar-refractivity contribution in [2.75, 3.05) is 0 Å². The van der Waals surface area contributed by atoms with E-state index < -0.39 is 0 Å². The number of aryl methyl sites for hydroxylation is 1. The predicted molar refractivity (Wildman–Crippen MR) is 115 cm³/mol. The third kappa shape index (κ3) is 4.07. The second-order valence-corrected chi connectivity index (χ2v) is 7.34. The second kappa shape index (κ2) is 7.99. The molecule has 1 aliphatic carbocycles. The molecule has 0 saturated carbocycles. The summed E-state index contributed by atoms with van der Waals surface area (Å²) in [6.07, 6.45) is 2.18. The van der Waals surface area contributed by atoms with Crippen LogP contribution in [0.3, 0.4) is 0 Å². The number of thiol groups is 1. The molecule has 3 nitrogen and oxygen atoms in total. The first kappa shape index (κ1) is 17.8. The Morgan fingerprint density at radius 3 is 2.63 bits per heavy atom. The van der Waals surface area contributed by atoms with Crippen LogP contribution in [0.2, 0.25) is 0 Å². The van der Waals surface area contributed by atoms with Crippen LogP contribution in [0.15, 0.2) is 82.7 Å².